The predicted octanol–water partition coefficient (Wildman–Crippen LogP) is 2.40. The summed E-state index contributed by atoms with van der Waals surface area (Å²) < 4.78 is 5.82. The number of nitrogens with zero attached hydrogens (tertiary/aromatic N) is 1. The van der Waals surface area contributed by atoms with Gasteiger partial charge in [0.1, 0.15) is 23.9 Å². The number of aliphatic hydroxyl groups is 1. The minimum absolute atomic E-state index is 0.283. The molecule has 41 heavy (non-hydrogen) atoms. The van der Waals surface area contributed by atoms with Gasteiger partial charge in [-0.05, 0) is 74.4 Å². The van der Waals surface area contributed by atoms with Gasteiger partial charge in [0.25, 0.3) is 11.8 Å². The Balaban J connectivity index is 1.57. The van der Waals surface area contributed by atoms with Crippen LogP contribution in [0.4, 0.5) is 0 Å². The first kappa shape index (κ1) is 31.6. The monoisotopic (exact) mass is 568 g/mol. The van der Waals surface area contributed by atoms with Crippen LogP contribution in [0.3, 0.4) is 0 Å². The van der Waals surface area contributed by atoms with Crippen LogP contribution >= 0.6 is 0 Å². The summed E-state index contributed by atoms with van der Waals surface area (Å²) in [6.07, 6.45) is -0.546. The molecule has 0 saturated carbocycles. The SMILES string of the molecule is CC(C)[C@H](NC(=O)[C@@H](C)Oc1ccc(-c2cccc([C@@H](C)O)c2)cc1)C(=O)N[C@@H](C)C(=O)N1CCC[C@@H](C(=O)O)N1. The quantitative estimate of drug-likeness (QED) is 0.277. The minimum Gasteiger partial charge on any atom is -0.481 e. The molecular formula is C30H40N4O7. The van der Waals surface area contributed by atoms with Crippen molar-refractivity contribution < 1.29 is 34.1 Å². The van der Waals surface area contributed by atoms with Crippen molar-refractivity contribution in [3.05, 3.63) is 54.1 Å². The van der Waals surface area contributed by atoms with Gasteiger partial charge in [-0.1, -0.05) is 44.2 Å². The molecular weight excluding hydrogens is 528 g/mol. The molecule has 1 aliphatic heterocycles. The number of ether oxygens (including phenoxy) is 1. The maximum absolute atomic E-state index is 13.0. The third-order valence-corrected chi connectivity index (χ3v) is 6.97. The number of hydrogen-bond acceptors (Lipinski definition) is 7. The van der Waals surface area contributed by atoms with Gasteiger partial charge < -0.3 is 25.6 Å². The molecule has 3 rings (SSSR count). The van der Waals surface area contributed by atoms with Gasteiger partial charge in [0, 0.05) is 6.54 Å². The molecule has 1 aliphatic rings. The Morgan fingerprint density at radius 3 is 2.24 bits per heavy atom. The summed E-state index contributed by atoms with van der Waals surface area (Å²) in [7, 11) is 0. The third-order valence-electron chi connectivity index (χ3n) is 6.97. The lowest BCUT2D eigenvalue weighted by atomic mass is 10.0. The molecule has 0 aromatic heterocycles. The molecule has 0 radical (unpaired) electrons. The number of rotatable bonds is 11. The van der Waals surface area contributed by atoms with E-state index in [1.165, 1.54) is 11.9 Å². The normalized spacial score (nSPS) is 18.1. The van der Waals surface area contributed by atoms with Crippen LogP contribution in [0.15, 0.2) is 48.5 Å². The van der Waals surface area contributed by atoms with Gasteiger partial charge >= 0.3 is 5.97 Å². The summed E-state index contributed by atoms with van der Waals surface area (Å²) in [5, 5.41) is 25.7. The number of carbonyl (C=O) groups excluding carboxylic acids is 3. The van der Waals surface area contributed by atoms with Crippen LogP contribution in [-0.2, 0) is 19.2 Å². The van der Waals surface area contributed by atoms with Gasteiger partial charge in [0.2, 0.25) is 5.91 Å². The fourth-order valence-electron chi connectivity index (χ4n) is 4.49. The maximum atomic E-state index is 13.0. The Morgan fingerprint density at radius 1 is 0.951 bits per heavy atom. The minimum atomic E-state index is -1.04. The zero-order valence-electron chi connectivity index (χ0n) is 24.1. The van der Waals surface area contributed by atoms with Crippen LogP contribution in [0.5, 0.6) is 5.75 Å². The highest BCUT2D eigenvalue weighted by Gasteiger charge is 2.33. The molecule has 1 fully saturated rings. The molecule has 5 atom stereocenters. The smallest absolute Gasteiger partial charge is 0.322 e. The predicted molar refractivity (Wildman–Crippen MR) is 152 cm³/mol. The Kier molecular flexibility index (Phi) is 10.8. The lowest BCUT2D eigenvalue weighted by Crippen LogP contribution is -2.61. The molecule has 2 aromatic rings. The Labute approximate surface area is 240 Å². The number of aliphatic hydroxyl groups excluding tert-OH is 1. The average Bonchev–Trinajstić information content (AvgIpc) is 2.95. The van der Waals surface area contributed by atoms with E-state index in [0.29, 0.717) is 25.1 Å². The number of amides is 3. The molecule has 222 valence electrons. The number of hydrogen-bond donors (Lipinski definition) is 5. The number of carboxylic acid groups (broad SMARTS) is 1. The average molecular weight is 569 g/mol. The van der Waals surface area contributed by atoms with E-state index in [2.05, 4.69) is 16.1 Å². The van der Waals surface area contributed by atoms with Gasteiger partial charge in [-0.3, -0.25) is 24.2 Å². The lowest BCUT2D eigenvalue weighted by Gasteiger charge is -2.34. The summed E-state index contributed by atoms with van der Waals surface area (Å²) >= 11 is 0. The van der Waals surface area contributed by atoms with Gasteiger partial charge in [-0.15, -0.1) is 0 Å². The molecule has 11 nitrogen and oxygen atoms in total. The standard InChI is InChI=1S/C30H40N4O7/c1-17(2)26(28(37)31-18(3)29(38)34-15-7-10-25(33-34)30(39)40)32-27(36)20(5)41-24-13-11-21(12-14-24)23-9-6-8-22(16-23)19(4)35/h6,8-9,11-14,16-20,25-26,33,35H,7,10,15H2,1-5H3,(H,31,37)(H,32,36)(H,39,40)/t18-,19+,20+,25-,26-/m0/s1. The van der Waals surface area contributed by atoms with Crippen LogP contribution in [-0.4, -0.2) is 69.7 Å². The zero-order chi connectivity index (χ0) is 30.3. The van der Waals surface area contributed by atoms with Gasteiger partial charge in [-0.25, -0.2) is 5.43 Å². The van der Waals surface area contributed by atoms with E-state index in [0.717, 1.165) is 16.7 Å². The van der Waals surface area contributed by atoms with E-state index >= 15 is 0 Å². The van der Waals surface area contributed by atoms with Crippen LogP contribution in [0.25, 0.3) is 11.1 Å². The number of hydrazine groups is 1. The molecule has 0 bridgehead atoms. The van der Waals surface area contributed by atoms with Crippen molar-refractivity contribution in [2.75, 3.05) is 6.54 Å². The van der Waals surface area contributed by atoms with Crippen molar-refractivity contribution in [3.63, 3.8) is 0 Å². The molecule has 0 spiro atoms. The fourth-order valence-corrected chi connectivity index (χ4v) is 4.49. The molecule has 1 heterocycles. The molecule has 0 aliphatic carbocycles. The van der Waals surface area contributed by atoms with Crippen molar-refractivity contribution in [2.45, 2.75) is 77.8 Å². The van der Waals surface area contributed by atoms with Crippen LogP contribution in [0.2, 0.25) is 0 Å². The molecule has 1 saturated heterocycles. The van der Waals surface area contributed by atoms with Crippen molar-refractivity contribution in [2.24, 2.45) is 5.92 Å². The Morgan fingerprint density at radius 2 is 1.63 bits per heavy atom. The largest absolute Gasteiger partial charge is 0.481 e. The second-order valence-electron chi connectivity index (χ2n) is 10.7. The van der Waals surface area contributed by atoms with E-state index in [1.54, 1.807) is 39.8 Å². The van der Waals surface area contributed by atoms with E-state index in [-0.39, 0.29) is 5.92 Å². The van der Waals surface area contributed by atoms with E-state index < -0.39 is 54.0 Å². The first-order valence-corrected chi connectivity index (χ1v) is 13.8. The van der Waals surface area contributed by atoms with Crippen LogP contribution < -0.4 is 20.8 Å². The first-order valence-electron chi connectivity index (χ1n) is 13.8. The van der Waals surface area contributed by atoms with Crippen molar-refractivity contribution in [3.8, 4) is 16.9 Å². The molecule has 5 N–H and O–H groups in total. The number of benzene rings is 2. The van der Waals surface area contributed by atoms with E-state index in [4.69, 9.17) is 4.74 Å². The fraction of sp³-hybridized carbons (Fsp3) is 0.467. The number of carbonyl (C=O) groups is 4. The highest BCUT2D eigenvalue weighted by Crippen LogP contribution is 2.25. The molecule has 11 heteroatoms. The van der Waals surface area contributed by atoms with Gasteiger partial charge in [0.15, 0.2) is 6.10 Å². The summed E-state index contributed by atoms with van der Waals surface area (Å²) in [4.78, 5) is 50.1. The summed E-state index contributed by atoms with van der Waals surface area (Å²) in [6, 6.07) is 12.1. The zero-order valence-corrected chi connectivity index (χ0v) is 24.1. The third kappa shape index (κ3) is 8.51. The van der Waals surface area contributed by atoms with Gasteiger partial charge in [0.05, 0.1) is 6.10 Å². The number of aliphatic carboxylic acids is 1. The lowest BCUT2D eigenvalue weighted by molar-refractivity contribution is -0.148. The Bertz CT molecular complexity index is 1230. The highest BCUT2D eigenvalue weighted by atomic mass is 16.5. The second-order valence-corrected chi connectivity index (χ2v) is 10.7. The van der Waals surface area contributed by atoms with Crippen LogP contribution in [0, 0.1) is 5.92 Å². The number of nitrogens with one attached hydrogen (secondary N) is 3. The van der Waals surface area contributed by atoms with E-state index in [9.17, 15) is 29.4 Å². The first-order chi connectivity index (χ1) is 19.4. The maximum Gasteiger partial charge on any atom is 0.322 e. The number of carboxylic acids is 1. The summed E-state index contributed by atoms with van der Waals surface area (Å²) in [5.74, 6) is -2.34. The van der Waals surface area contributed by atoms with Gasteiger partial charge in [-0.2, -0.15) is 0 Å². The van der Waals surface area contributed by atoms with E-state index in [1.807, 2.05) is 36.4 Å². The highest BCUT2D eigenvalue weighted by molar-refractivity contribution is 5.93. The second kappa shape index (κ2) is 14.1. The topological polar surface area (TPSA) is 157 Å². The van der Waals surface area contributed by atoms with Crippen LogP contribution in [0.1, 0.15) is 59.1 Å². The van der Waals surface area contributed by atoms with Crippen molar-refractivity contribution in [1.82, 2.24) is 21.1 Å². The van der Waals surface area contributed by atoms with Crippen molar-refractivity contribution in [1.29, 1.82) is 0 Å². The summed E-state index contributed by atoms with van der Waals surface area (Å²) in [6.45, 7) is 8.69. The molecule has 3 amide bonds. The van der Waals surface area contributed by atoms with Crippen molar-refractivity contribution >= 4 is 23.7 Å². The summed E-state index contributed by atoms with van der Waals surface area (Å²) in [5.41, 5.74) is 5.36. The Hall–Kier alpha value is -3.96. The molecule has 2 aromatic carbocycles. The molecule has 0 unspecified atom stereocenters.